The van der Waals surface area contributed by atoms with E-state index in [1.165, 1.54) is 0 Å². The van der Waals surface area contributed by atoms with Crippen LogP contribution in [-0.2, 0) is 11.3 Å². The van der Waals surface area contributed by atoms with Crippen LogP contribution in [0.3, 0.4) is 0 Å². The smallest absolute Gasteiger partial charge is 0.326 e. The number of hydrogen-bond acceptors (Lipinski definition) is 6. The van der Waals surface area contributed by atoms with Gasteiger partial charge in [-0.25, -0.2) is 9.59 Å². The maximum Gasteiger partial charge on any atom is 0.326 e. The summed E-state index contributed by atoms with van der Waals surface area (Å²) >= 11 is 0. The molecule has 0 saturated carbocycles. The fraction of sp³-hybridized carbons (Fsp3) is 0.600. The summed E-state index contributed by atoms with van der Waals surface area (Å²) in [5, 5.41) is 24.4. The van der Waals surface area contributed by atoms with Gasteiger partial charge in [0.1, 0.15) is 6.04 Å². The largest absolute Gasteiger partial charge is 0.480 e. The molecular formula is C10H14N4O5. The lowest BCUT2D eigenvalue weighted by Gasteiger charge is -2.20. The first kappa shape index (κ1) is 13.3. The third-order valence-electron chi connectivity index (χ3n) is 2.79. The van der Waals surface area contributed by atoms with E-state index in [9.17, 15) is 14.7 Å². The molecule has 1 saturated heterocycles. The molecule has 0 spiro atoms. The Morgan fingerprint density at radius 1 is 1.58 bits per heavy atom. The summed E-state index contributed by atoms with van der Waals surface area (Å²) in [7, 11) is 0. The molecule has 2 amide bonds. The molecule has 3 N–H and O–H groups in total. The Morgan fingerprint density at radius 3 is 2.89 bits per heavy atom. The maximum absolute atomic E-state index is 11.8. The minimum absolute atomic E-state index is 0.00827. The second kappa shape index (κ2) is 5.22. The highest BCUT2D eigenvalue weighted by atomic mass is 16.5. The fourth-order valence-corrected chi connectivity index (χ4v) is 1.94. The Balaban J connectivity index is 1.93. The van der Waals surface area contributed by atoms with Crippen molar-refractivity contribution >= 4 is 12.0 Å². The molecule has 1 aliphatic rings. The van der Waals surface area contributed by atoms with E-state index in [2.05, 4.69) is 15.5 Å². The third kappa shape index (κ3) is 2.99. The van der Waals surface area contributed by atoms with Gasteiger partial charge in [0, 0.05) is 13.0 Å². The summed E-state index contributed by atoms with van der Waals surface area (Å²) in [6.45, 7) is 1.65. The van der Waals surface area contributed by atoms with Gasteiger partial charge < -0.3 is 25.0 Å². The number of aliphatic hydroxyl groups excluding tert-OH is 1. The predicted molar refractivity (Wildman–Crippen MR) is 60.0 cm³/mol. The van der Waals surface area contributed by atoms with Crippen LogP contribution in [0.5, 0.6) is 0 Å². The van der Waals surface area contributed by atoms with Crippen LogP contribution in [0, 0.1) is 6.92 Å². The van der Waals surface area contributed by atoms with Gasteiger partial charge in [0.15, 0.2) is 5.82 Å². The first-order chi connectivity index (χ1) is 8.97. The van der Waals surface area contributed by atoms with Crippen molar-refractivity contribution < 1.29 is 24.3 Å². The zero-order chi connectivity index (χ0) is 14.0. The van der Waals surface area contributed by atoms with Gasteiger partial charge in [0.2, 0.25) is 5.89 Å². The summed E-state index contributed by atoms with van der Waals surface area (Å²) in [6, 6.07) is -1.60. The van der Waals surface area contributed by atoms with E-state index >= 15 is 0 Å². The van der Waals surface area contributed by atoms with Crippen LogP contribution >= 0.6 is 0 Å². The number of aromatic nitrogens is 2. The minimum atomic E-state index is -1.14. The van der Waals surface area contributed by atoms with Crippen molar-refractivity contribution in [1.29, 1.82) is 0 Å². The molecule has 2 heterocycles. The number of carbonyl (C=O) groups is 2. The number of likely N-dealkylation sites (tertiary alicyclic amines) is 1. The Bertz CT molecular complexity index is 488. The first-order valence-electron chi connectivity index (χ1n) is 5.72. The Labute approximate surface area is 108 Å². The Kier molecular flexibility index (Phi) is 3.65. The number of nitrogens with one attached hydrogen (secondary N) is 1. The number of carboxylic acids is 1. The topological polar surface area (TPSA) is 129 Å². The van der Waals surface area contributed by atoms with Crippen LogP contribution in [0.15, 0.2) is 4.52 Å². The van der Waals surface area contributed by atoms with Crippen LogP contribution in [0.4, 0.5) is 4.79 Å². The molecule has 0 aliphatic carbocycles. The Morgan fingerprint density at radius 2 is 2.32 bits per heavy atom. The highest BCUT2D eigenvalue weighted by molar-refractivity contribution is 5.83. The number of amides is 2. The standard InChI is InChI=1S/C10H14N4O5/c1-5-12-8(19-13-5)3-11-10(18)14-4-6(15)2-7(14)9(16)17/h6-7,15H,2-4H2,1H3,(H,11,18)(H,16,17)/t6-,7-/m1/s1. The molecular weight excluding hydrogens is 256 g/mol. The van der Waals surface area contributed by atoms with Crippen LogP contribution in [0.2, 0.25) is 0 Å². The average molecular weight is 270 g/mol. The molecule has 1 aliphatic heterocycles. The van der Waals surface area contributed by atoms with Crippen LogP contribution in [0.25, 0.3) is 0 Å². The van der Waals surface area contributed by atoms with E-state index in [1.807, 2.05) is 0 Å². The van der Waals surface area contributed by atoms with Crippen molar-refractivity contribution in [3.05, 3.63) is 11.7 Å². The lowest BCUT2D eigenvalue weighted by Crippen LogP contribution is -2.46. The molecule has 1 aromatic heterocycles. The zero-order valence-corrected chi connectivity index (χ0v) is 10.2. The number of carboxylic acid groups (broad SMARTS) is 1. The highest BCUT2D eigenvalue weighted by Crippen LogP contribution is 2.18. The average Bonchev–Trinajstić information content (AvgIpc) is 2.92. The lowest BCUT2D eigenvalue weighted by molar-refractivity contribution is -0.141. The number of rotatable bonds is 3. The molecule has 0 radical (unpaired) electrons. The van der Waals surface area contributed by atoms with Crippen molar-refractivity contribution in [2.24, 2.45) is 0 Å². The van der Waals surface area contributed by atoms with Crippen molar-refractivity contribution in [2.45, 2.75) is 32.0 Å². The van der Waals surface area contributed by atoms with Crippen molar-refractivity contribution in [3.8, 4) is 0 Å². The van der Waals surface area contributed by atoms with Gasteiger partial charge in [-0.3, -0.25) is 0 Å². The minimum Gasteiger partial charge on any atom is -0.480 e. The predicted octanol–water partition coefficient (Wildman–Crippen LogP) is -0.893. The summed E-state index contributed by atoms with van der Waals surface area (Å²) in [5.74, 6) is -0.456. The van der Waals surface area contributed by atoms with Gasteiger partial charge in [0.05, 0.1) is 12.6 Å². The molecule has 0 bridgehead atoms. The molecule has 1 aromatic rings. The molecule has 1 fully saturated rings. The summed E-state index contributed by atoms with van der Waals surface area (Å²) in [5.41, 5.74) is 0. The molecule has 0 unspecified atom stereocenters. The highest BCUT2D eigenvalue weighted by Gasteiger charge is 2.38. The van der Waals surface area contributed by atoms with Crippen molar-refractivity contribution in [1.82, 2.24) is 20.4 Å². The van der Waals surface area contributed by atoms with E-state index in [1.54, 1.807) is 6.92 Å². The SMILES string of the molecule is Cc1noc(CNC(=O)N2C[C@H](O)C[C@@H]2C(=O)O)n1. The van der Waals surface area contributed by atoms with E-state index in [-0.39, 0.29) is 25.4 Å². The van der Waals surface area contributed by atoms with E-state index < -0.39 is 24.1 Å². The van der Waals surface area contributed by atoms with Gasteiger partial charge in [0.25, 0.3) is 0 Å². The van der Waals surface area contributed by atoms with E-state index in [0.29, 0.717) is 5.82 Å². The van der Waals surface area contributed by atoms with Crippen LogP contribution in [-0.4, -0.2) is 55.9 Å². The molecule has 9 nitrogen and oxygen atoms in total. The zero-order valence-electron chi connectivity index (χ0n) is 10.2. The summed E-state index contributed by atoms with van der Waals surface area (Å²) < 4.78 is 4.81. The van der Waals surface area contributed by atoms with Gasteiger partial charge >= 0.3 is 12.0 Å². The number of carbonyl (C=O) groups excluding carboxylic acids is 1. The second-order valence-electron chi connectivity index (χ2n) is 4.29. The summed E-state index contributed by atoms with van der Waals surface area (Å²) in [4.78, 5) is 27.8. The molecule has 9 heteroatoms. The van der Waals surface area contributed by atoms with Gasteiger partial charge in [-0.05, 0) is 6.92 Å². The van der Waals surface area contributed by atoms with Crippen LogP contribution in [0.1, 0.15) is 18.1 Å². The van der Waals surface area contributed by atoms with E-state index in [4.69, 9.17) is 9.63 Å². The van der Waals surface area contributed by atoms with Crippen LogP contribution < -0.4 is 5.32 Å². The normalized spacial score (nSPS) is 22.5. The number of nitrogens with zero attached hydrogens (tertiary/aromatic N) is 3. The van der Waals surface area contributed by atoms with Gasteiger partial charge in [-0.2, -0.15) is 4.98 Å². The first-order valence-corrected chi connectivity index (χ1v) is 5.72. The molecule has 2 atom stereocenters. The Hall–Kier alpha value is -2.16. The number of hydrogen-bond donors (Lipinski definition) is 3. The quantitative estimate of drug-likeness (QED) is 0.649. The second-order valence-corrected chi connectivity index (χ2v) is 4.29. The number of aliphatic carboxylic acids is 1. The lowest BCUT2D eigenvalue weighted by atomic mass is 10.2. The molecule has 0 aromatic carbocycles. The number of aryl methyl sites for hydroxylation is 1. The van der Waals surface area contributed by atoms with Gasteiger partial charge in [-0.15, -0.1) is 0 Å². The van der Waals surface area contributed by atoms with E-state index in [0.717, 1.165) is 4.90 Å². The number of β-amino-alcohol motifs (C(OH)–C–C–N with tert-alkyl or cyclic N) is 1. The summed E-state index contributed by atoms with van der Waals surface area (Å²) in [6.07, 6.45) is -0.792. The third-order valence-corrected chi connectivity index (χ3v) is 2.79. The number of urea groups is 1. The molecule has 2 rings (SSSR count). The fourth-order valence-electron chi connectivity index (χ4n) is 1.94. The van der Waals surface area contributed by atoms with Gasteiger partial charge in [-0.1, -0.05) is 5.16 Å². The number of aliphatic hydroxyl groups is 1. The monoisotopic (exact) mass is 270 g/mol. The maximum atomic E-state index is 11.8. The molecule has 19 heavy (non-hydrogen) atoms. The van der Waals surface area contributed by atoms with Crippen molar-refractivity contribution in [2.75, 3.05) is 6.54 Å². The van der Waals surface area contributed by atoms with Crippen molar-refractivity contribution in [3.63, 3.8) is 0 Å². The molecule has 104 valence electrons.